The molecule has 0 amide bonds. The third-order valence-corrected chi connectivity index (χ3v) is 7.24. The third-order valence-electron chi connectivity index (χ3n) is 7.24. The Balaban J connectivity index is 0.000000926. The quantitative estimate of drug-likeness (QED) is 0.150. The van der Waals surface area contributed by atoms with Crippen molar-refractivity contribution in [3.63, 3.8) is 0 Å². The Hall–Kier alpha value is -4.35. The van der Waals surface area contributed by atoms with Gasteiger partial charge in [-0.25, -0.2) is 0 Å². The van der Waals surface area contributed by atoms with Crippen molar-refractivity contribution < 1.29 is 69.7 Å². The fourth-order valence-electron chi connectivity index (χ4n) is 4.47. The summed E-state index contributed by atoms with van der Waals surface area (Å²) < 4.78 is 0. The Bertz CT molecular complexity index is 1520. The average molecular weight is 784 g/mol. The van der Waals surface area contributed by atoms with E-state index in [-0.39, 0.29) is 88.2 Å². The monoisotopic (exact) mass is 783 g/mol. The molecule has 0 aliphatic rings. The van der Waals surface area contributed by atoms with Crippen molar-refractivity contribution in [1.82, 2.24) is 0 Å². The number of rotatable bonds is 12. The van der Waals surface area contributed by atoms with Gasteiger partial charge in [-0.1, -0.05) is 132 Å². The van der Waals surface area contributed by atoms with E-state index in [1.54, 1.807) is 100 Å². The van der Waals surface area contributed by atoms with Gasteiger partial charge in [0.1, 0.15) is 0 Å². The van der Waals surface area contributed by atoms with Crippen molar-refractivity contribution in [2.45, 2.75) is 39.9 Å². The summed E-state index contributed by atoms with van der Waals surface area (Å²) in [6.45, 7) is 7.01. The van der Waals surface area contributed by atoms with Gasteiger partial charge in [0.2, 0.25) is 0 Å². The average Bonchev–Trinajstić information content (AvgIpc) is 3.08. The zero-order chi connectivity index (χ0) is 35.1. The Morgan fingerprint density at radius 2 is 0.588 bits per heavy atom. The molecule has 0 fully saturated rings. The second-order valence-electron chi connectivity index (χ2n) is 10.9. The number of nitrogens with zero attached hydrogens (tertiary/aromatic N) is 4. The van der Waals surface area contributed by atoms with Crippen molar-refractivity contribution in [3.8, 4) is 23.0 Å². The van der Waals surface area contributed by atoms with Crippen LogP contribution in [0, 0.1) is 0 Å². The summed E-state index contributed by atoms with van der Waals surface area (Å²) >= 11 is 0. The largest absolute Gasteiger partial charge is 3.00 e. The maximum Gasteiger partial charge on any atom is 3.00 e. The molecule has 11 nitrogen and oxygen atoms in total. The molecule has 51 heavy (non-hydrogen) atoms. The van der Waals surface area contributed by atoms with E-state index in [9.17, 15) is 30.6 Å². The van der Waals surface area contributed by atoms with Gasteiger partial charge in [0, 0.05) is 49.0 Å². The first-order chi connectivity index (χ1) is 23.0. The molecule has 0 saturated heterocycles. The van der Waals surface area contributed by atoms with Crippen molar-refractivity contribution >= 4 is 22.8 Å². The summed E-state index contributed by atoms with van der Waals surface area (Å²) in [5.41, 5.74) is 4.21. The molecule has 272 valence electrons. The van der Waals surface area contributed by atoms with Crippen LogP contribution in [0.4, 0.5) is 0 Å². The fourth-order valence-corrected chi connectivity index (χ4v) is 4.47. The first-order valence-corrected chi connectivity index (χ1v) is 15.4. The summed E-state index contributed by atoms with van der Waals surface area (Å²) in [7, 11) is 0. The second-order valence-corrected chi connectivity index (χ2v) is 10.9. The van der Waals surface area contributed by atoms with Crippen LogP contribution in [0.2, 0.25) is 0 Å². The second kappa shape index (κ2) is 23.9. The summed E-state index contributed by atoms with van der Waals surface area (Å²) in [4.78, 5) is 16.8. The molecule has 0 bridgehead atoms. The fraction of sp³-hybridized carbons (Fsp3) is 0.263. The number of hydrogen-bond donors (Lipinski definition) is 0. The minimum Gasteiger partial charge on any atom is -0.872 e. The number of hydrogen-bond acceptors (Lipinski definition) is 10. The third kappa shape index (κ3) is 15.2. The predicted octanol–water partition coefficient (Wildman–Crippen LogP) is 0.835. The normalized spacial score (nSPS) is 13.0. The molecular formula is C38H41Co2N4O7+. The minimum atomic E-state index is -1.02. The Morgan fingerprint density at radius 1 is 0.412 bits per heavy atom. The number of aliphatic imine (C=N–C) groups is 4. The molecule has 0 spiro atoms. The van der Waals surface area contributed by atoms with Crippen LogP contribution in [0.15, 0.2) is 117 Å². The molecule has 0 radical (unpaired) electrons. The van der Waals surface area contributed by atoms with Crippen molar-refractivity contribution in [2.75, 3.05) is 26.2 Å². The van der Waals surface area contributed by atoms with Gasteiger partial charge in [0.05, 0.1) is 0 Å². The molecule has 0 saturated carbocycles. The molecular weight excluding hydrogens is 742 g/mol. The van der Waals surface area contributed by atoms with Crippen molar-refractivity contribution in [1.29, 1.82) is 0 Å². The van der Waals surface area contributed by atoms with Gasteiger partial charge in [-0.05, 0) is 49.9 Å². The Labute approximate surface area is 319 Å². The molecule has 4 aromatic rings. The standard InChI is InChI=1S/2C19H21N2O3.2Co.H2O/c2*1-13(16-7-3-5-9-18(16)23)20-11-15(22)12-21-14(2)17-8-4-6-10-19(17)24;;;/h2*3-10,15,23-24H,11-12H2,1-2H3;;;1H2/q2*-1;2*+3;/p-3. The maximum atomic E-state index is 12.0. The first-order valence-electron chi connectivity index (χ1n) is 15.4. The van der Waals surface area contributed by atoms with Gasteiger partial charge in [-0.3, -0.25) is 20.0 Å². The van der Waals surface area contributed by atoms with Crippen molar-refractivity contribution in [2.24, 2.45) is 20.0 Å². The molecule has 3 N–H and O–H groups in total. The summed E-state index contributed by atoms with van der Waals surface area (Å²) in [5, 5.41) is 70.8. The van der Waals surface area contributed by atoms with E-state index in [1.165, 1.54) is 24.3 Å². The van der Waals surface area contributed by atoms with E-state index in [0.29, 0.717) is 45.1 Å². The molecule has 13 heteroatoms. The van der Waals surface area contributed by atoms with Crippen molar-refractivity contribution in [3.05, 3.63) is 119 Å². The molecule has 0 aliphatic heterocycles. The molecule has 0 atom stereocenters. The van der Waals surface area contributed by atoms with E-state index < -0.39 is 12.2 Å². The maximum absolute atomic E-state index is 12.0. The zero-order valence-electron chi connectivity index (χ0n) is 28.7. The van der Waals surface area contributed by atoms with Gasteiger partial charge < -0.3 is 36.1 Å². The smallest absolute Gasteiger partial charge is 0.872 e. The van der Waals surface area contributed by atoms with Crippen LogP contribution in [0.5, 0.6) is 23.0 Å². The molecule has 4 aromatic carbocycles. The van der Waals surface area contributed by atoms with Crippen LogP contribution < -0.4 is 30.6 Å². The number of para-hydroxylation sites is 4. The van der Waals surface area contributed by atoms with Gasteiger partial charge in [0.25, 0.3) is 0 Å². The van der Waals surface area contributed by atoms with Crippen LogP contribution in [0.25, 0.3) is 0 Å². The predicted molar refractivity (Wildman–Crippen MR) is 184 cm³/mol. The van der Waals surface area contributed by atoms with E-state index in [1.807, 2.05) is 0 Å². The van der Waals surface area contributed by atoms with E-state index in [0.717, 1.165) is 0 Å². The minimum absolute atomic E-state index is 0. The SMILES string of the molecule is CC(=NCC([O-])CN=C(C)c1ccccc1[O-])c1ccccc1[O-].CC(=NCC([O-])CN=C(C)c1ccccc1[O-])c1ccccc1[O-].[Co+3].[Co+3].[OH3+]. The molecule has 0 unspecified atom stereocenters. The van der Waals surface area contributed by atoms with E-state index >= 15 is 0 Å². The molecule has 0 aromatic heterocycles. The Kier molecular flexibility index (Phi) is 21.9. The summed E-state index contributed by atoms with van der Waals surface area (Å²) in [6, 6.07) is 26.4. The summed E-state index contributed by atoms with van der Waals surface area (Å²) in [6.07, 6.45) is -2.04. The van der Waals surface area contributed by atoms with Crippen LogP contribution in [0.1, 0.15) is 49.9 Å². The zero-order valence-corrected chi connectivity index (χ0v) is 30.8. The molecule has 0 aliphatic carbocycles. The van der Waals surface area contributed by atoms with Crippen LogP contribution >= 0.6 is 0 Å². The topological polar surface area (TPSA) is 221 Å². The summed E-state index contributed by atoms with van der Waals surface area (Å²) in [5.74, 6) is -0.437. The van der Waals surface area contributed by atoms with E-state index in [2.05, 4.69) is 20.0 Å². The van der Waals surface area contributed by atoms with Gasteiger partial charge in [-0.15, -0.1) is 0 Å². The van der Waals surface area contributed by atoms with Crippen LogP contribution in [-0.2, 0) is 39.0 Å². The molecule has 0 heterocycles. The van der Waals surface area contributed by atoms with Gasteiger partial charge >= 0.3 is 33.6 Å². The number of benzene rings is 4. The van der Waals surface area contributed by atoms with Crippen LogP contribution in [0.3, 0.4) is 0 Å². The van der Waals surface area contributed by atoms with Gasteiger partial charge in [-0.2, -0.15) is 0 Å². The first kappa shape index (κ1) is 46.7. The van der Waals surface area contributed by atoms with Gasteiger partial charge in [0.15, 0.2) is 0 Å². The Morgan fingerprint density at radius 3 is 0.765 bits per heavy atom. The van der Waals surface area contributed by atoms with Crippen LogP contribution in [-0.4, -0.2) is 61.2 Å². The van der Waals surface area contributed by atoms with E-state index in [4.69, 9.17) is 0 Å². The molecule has 4 rings (SSSR count).